The fourth-order valence-corrected chi connectivity index (χ4v) is 2.70. The van der Waals surface area contributed by atoms with Gasteiger partial charge in [0.05, 0.1) is 11.9 Å². The van der Waals surface area contributed by atoms with Crippen molar-refractivity contribution >= 4 is 11.5 Å². The SMILES string of the molecule is Cn1cnc(N2CCN(c3cccc(C(F)(F)F)c3)CC2)cc1=O. The van der Waals surface area contributed by atoms with Crippen LogP contribution in [0.1, 0.15) is 5.56 Å². The molecule has 1 saturated heterocycles. The summed E-state index contributed by atoms with van der Waals surface area (Å²) in [5.41, 5.74) is -0.225. The Hall–Kier alpha value is -2.51. The highest BCUT2D eigenvalue weighted by molar-refractivity contribution is 5.51. The summed E-state index contributed by atoms with van der Waals surface area (Å²) in [6.07, 6.45) is -2.87. The summed E-state index contributed by atoms with van der Waals surface area (Å²) >= 11 is 0. The molecule has 2 aromatic rings. The Balaban J connectivity index is 1.71. The third-order valence-corrected chi connectivity index (χ3v) is 4.11. The molecule has 1 aromatic heterocycles. The minimum atomic E-state index is -4.34. The first-order valence-electron chi connectivity index (χ1n) is 7.54. The first-order valence-corrected chi connectivity index (χ1v) is 7.54. The molecule has 0 amide bonds. The lowest BCUT2D eigenvalue weighted by Crippen LogP contribution is -2.47. The van der Waals surface area contributed by atoms with Gasteiger partial charge < -0.3 is 14.4 Å². The first kappa shape index (κ1) is 16.4. The molecule has 1 fully saturated rings. The van der Waals surface area contributed by atoms with Gasteiger partial charge in [0, 0.05) is 45.0 Å². The zero-order valence-electron chi connectivity index (χ0n) is 13.1. The van der Waals surface area contributed by atoms with E-state index in [1.54, 1.807) is 13.1 Å². The maximum Gasteiger partial charge on any atom is 0.416 e. The average Bonchev–Trinajstić information content (AvgIpc) is 2.57. The van der Waals surface area contributed by atoms with Gasteiger partial charge in [0.25, 0.3) is 5.56 Å². The van der Waals surface area contributed by atoms with Crippen molar-refractivity contribution in [1.82, 2.24) is 9.55 Å². The zero-order valence-corrected chi connectivity index (χ0v) is 13.1. The number of benzene rings is 1. The van der Waals surface area contributed by atoms with E-state index < -0.39 is 11.7 Å². The second-order valence-corrected chi connectivity index (χ2v) is 5.72. The normalized spacial score (nSPS) is 15.7. The van der Waals surface area contributed by atoms with E-state index in [0.717, 1.165) is 6.07 Å². The van der Waals surface area contributed by atoms with Crippen LogP contribution in [-0.2, 0) is 13.2 Å². The molecule has 1 aliphatic heterocycles. The van der Waals surface area contributed by atoms with Crippen LogP contribution in [-0.4, -0.2) is 35.7 Å². The molecule has 0 aliphatic carbocycles. The van der Waals surface area contributed by atoms with Crippen LogP contribution in [0, 0.1) is 0 Å². The molecular formula is C16H17F3N4O. The standard InChI is InChI=1S/C16H17F3N4O/c1-21-11-20-14(10-15(21)24)23-7-5-22(6-8-23)13-4-2-3-12(9-13)16(17,18)19/h2-4,9-11H,5-8H2,1H3. The average molecular weight is 338 g/mol. The van der Waals surface area contributed by atoms with Gasteiger partial charge in [-0.15, -0.1) is 0 Å². The highest BCUT2D eigenvalue weighted by Crippen LogP contribution is 2.32. The van der Waals surface area contributed by atoms with E-state index in [9.17, 15) is 18.0 Å². The van der Waals surface area contributed by atoms with Gasteiger partial charge in [0.1, 0.15) is 5.82 Å². The maximum absolute atomic E-state index is 12.8. The fourth-order valence-electron chi connectivity index (χ4n) is 2.70. The second kappa shape index (κ2) is 6.18. The largest absolute Gasteiger partial charge is 0.416 e. The van der Waals surface area contributed by atoms with Gasteiger partial charge in [-0.05, 0) is 18.2 Å². The summed E-state index contributed by atoms with van der Waals surface area (Å²) in [7, 11) is 1.63. The Kier molecular flexibility index (Phi) is 4.21. The minimum Gasteiger partial charge on any atom is -0.368 e. The number of anilines is 2. The number of nitrogens with zero attached hydrogens (tertiary/aromatic N) is 4. The Bertz CT molecular complexity index is 779. The van der Waals surface area contributed by atoms with E-state index in [1.165, 1.54) is 29.1 Å². The molecule has 1 aliphatic rings. The van der Waals surface area contributed by atoms with E-state index in [1.807, 2.05) is 9.80 Å². The molecule has 0 unspecified atom stereocenters. The maximum atomic E-state index is 12.8. The lowest BCUT2D eigenvalue weighted by atomic mass is 10.1. The van der Waals surface area contributed by atoms with Gasteiger partial charge >= 0.3 is 6.18 Å². The number of piperazine rings is 1. The monoisotopic (exact) mass is 338 g/mol. The topological polar surface area (TPSA) is 41.4 Å². The molecule has 2 heterocycles. The van der Waals surface area contributed by atoms with Crippen LogP contribution in [0.4, 0.5) is 24.7 Å². The molecule has 0 radical (unpaired) electrons. The van der Waals surface area contributed by atoms with Crippen LogP contribution < -0.4 is 15.4 Å². The summed E-state index contributed by atoms with van der Waals surface area (Å²) in [6.45, 7) is 2.32. The molecule has 5 nitrogen and oxygen atoms in total. The van der Waals surface area contributed by atoms with Crippen molar-refractivity contribution in [2.75, 3.05) is 36.0 Å². The van der Waals surface area contributed by atoms with Crippen molar-refractivity contribution in [3.05, 3.63) is 52.6 Å². The molecule has 0 bridgehead atoms. The lowest BCUT2D eigenvalue weighted by molar-refractivity contribution is -0.137. The predicted octanol–water partition coefficient (Wildman–Crippen LogP) is 2.13. The van der Waals surface area contributed by atoms with E-state index in [2.05, 4.69) is 4.98 Å². The summed E-state index contributed by atoms with van der Waals surface area (Å²) in [6, 6.07) is 6.82. The second-order valence-electron chi connectivity index (χ2n) is 5.72. The highest BCUT2D eigenvalue weighted by atomic mass is 19.4. The summed E-state index contributed by atoms with van der Waals surface area (Å²) < 4.78 is 39.9. The minimum absolute atomic E-state index is 0.139. The third-order valence-electron chi connectivity index (χ3n) is 4.11. The first-order chi connectivity index (χ1) is 11.3. The number of halogens is 3. The molecule has 0 N–H and O–H groups in total. The molecule has 0 spiro atoms. The van der Waals surface area contributed by atoms with Crippen LogP contribution in [0.3, 0.4) is 0 Å². The van der Waals surface area contributed by atoms with Gasteiger partial charge in [-0.2, -0.15) is 13.2 Å². The fraction of sp³-hybridized carbons (Fsp3) is 0.375. The Morgan fingerprint density at radius 3 is 2.33 bits per heavy atom. The highest BCUT2D eigenvalue weighted by Gasteiger charge is 2.31. The quantitative estimate of drug-likeness (QED) is 0.841. The van der Waals surface area contributed by atoms with Crippen LogP contribution in [0.25, 0.3) is 0 Å². The molecule has 8 heteroatoms. The zero-order chi connectivity index (χ0) is 17.3. The lowest BCUT2D eigenvalue weighted by Gasteiger charge is -2.36. The number of hydrogen-bond donors (Lipinski definition) is 0. The predicted molar refractivity (Wildman–Crippen MR) is 85.3 cm³/mol. The summed E-state index contributed by atoms with van der Waals surface area (Å²) in [4.78, 5) is 19.8. The summed E-state index contributed by atoms with van der Waals surface area (Å²) in [5, 5.41) is 0. The van der Waals surface area contributed by atoms with Gasteiger partial charge in [-0.3, -0.25) is 4.79 Å². The number of aromatic nitrogens is 2. The Labute approximate surface area is 136 Å². The van der Waals surface area contributed by atoms with Crippen molar-refractivity contribution in [3.63, 3.8) is 0 Å². The van der Waals surface area contributed by atoms with Crippen LogP contribution in [0.2, 0.25) is 0 Å². The smallest absolute Gasteiger partial charge is 0.368 e. The van der Waals surface area contributed by atoms with Gasteiger partial charge in [0.2, 0.25) is 0 Å². The Morgan fingerprint density at radius 2 is 1.71 bits per heavy atom. The van der Waals surface area contributed by atoms with Gasteiger partial charge in [-0.25, -0.2) is 4.98 Å². The van der Waals surface area contributed by atoms with Crippen molar-refractivity contribution in [3.8, 4) is 0 Å². The van der Waals surface area contributed by atoms with Crippen molar-refractivity contribution in [2.24, 2.45) is 7.05 Å². The van der Waals surface area contributed by atoms with Crippen LogP contribution in [0.5, 0.6) is 0 Å². The van der Waals surface area contributed by atoms with Crippen LogP contribution >= 0.6 is 0 Å². The number of aryl methyl sites for hydroxylation is 1. The van der Waals surface area contributed by atoms with E-state index in [0.29, 0.717) is 37.7 Å². The molecule has 24 heavy (non-hydrogen) atoms. The molecule has 0 atom stereocenters. The number of hydrogen-bond acceptors (Lipinski definition) is 4. The van der Waals surface area contributed by atoms with Crippen LogP contribution in [0.15, 0.2) is 41.5 Å². The van der Waals surface area contributed by atoms with E-state index in [4.69, 9.17) is 0 Å². The third kappa shape index (κ3) is 3.37. The molecule has 128 valence electrons. The summed E-state index contributed by atoms with van der Waals surface area (Å²) in [5.74, 6) is 0.599. The Morgan fingerprint density at radius 1 is 1.04 bits per heavy atom. The van der Waals surface area contributed by atoms with E-state index >= 15 is 0 Å². The number of rotatable bonds is 2. The number of alkyl halides is 3. The van der Waals surface area contributed by atoms with Crippen molar-refractivity contribution in [2.45, 2.75) is 6.18 Å². The molecule has 1 aromatic carbocycles. The van der Waals surface area contributed by atoms with Crippen molar-refractivity contribution in [1.29, 1.82) is 0 Å². The molecule has 0 saturated carbocycles. The van der Waals surface area contributed by atoms with Gasteiger partial charge in [-0.1, -0.05) is 6.07 Å². The van der Waals surface area contributed by atoms with Gasteiger partial charge in [0.15, 0.2) is 0 Å². The van der Waals surface area contributed by atoms with E-state index in [-0.39, 0.29) is 5.56 Å². The van der Waals surface area contributed by atoms with Crippen molar-refractivity contribution < 1.29 is 13.2 Å². The molecular weight excluding hydrogens is 321 g/mol. The molecule has 3 rings (SSSR count).